The highest BCUT2D eigenvalue weighted by atomic mass is 35.5. The van der Waals surface area contributed by atoms with Crippen LogP contribution in [0.15, 0.2) is 71.8 Å². The predicted molar refractivity (Wildman–Crippen MR) is 133 cm³/mol. The zero-order valence-electron chi connectivity index (χ0n) is 19.6. The second kappa shape index (κ2) is 9.36. The Morgan fingerprint density at radius 2 is 1.76 bits per heavy atom. The highest BCUT2D eigenvalue weighted by Gasteiger charge is 2.32. The lowest BCUT2D eigenvalue weighted by Crippen LogP contribution is -2.23. The molecule has 2 aromatic carbocycles. The molecule has 3 aromatic heterocycles. The number of aromatic nitrogens is 5. The van der Waals surface area contributed by atoms with Gasteiger partial charge >= 0.3 is 11.9 Å². The Morgan fingerprint density at radius 3 is 2.41 bits per heavy atom. The van der Waals surface area contributed by atoms with Crippen LogP contribution in [0.3, 0.4) is 0 Å². The molecule has 0 saturated heterocycles. The number of rotatable bonds is 5. The maximum absolute atomic E-state index is 13.2. The molecule has 37 heavy (non-hydrogen) atoms. The van der Waals surface area contributed by atoms with Gasteiger partial charge in [0.2, 0.25) is 0 Å². The van der Waals surface area contributed by atoms with E-state index >= 15 is 0 Å². The van der Waals surface area contributed by atoms with E-state index in [4.69, 9.17) is 16.3 Å². The highest BCUT2D eigenvalue weighted by Crippen LogP contribution is 2.40. The van der Waals surface area contributed by atoms with Crippen LogP contribution in [0, 0.1) is 6.92 Å². The van der Waals surface area contributed by atoms with Gasteiger partial charge in [0, 0.05) is 27.9 Å². The third-order valence-electron chi connectivity index (χ3n) is 5.86. The molecule has 0 aliphatic heterocycles. The fraction of sp³-hybridized carbons (Fsp3) is 0.154. The van der Waals surface area contributed by atoms with Crippen molar-refractivity contribution in [3.05, 3.63) is 99.3 Å². The minimum atomic E-state index is -4.55. The van der Waals surface area contributed by atoms with Crippen molar-refractivity contribution >= 4 is 17.2 Å². The summed E-state index contributed by atoms with van der Waals surface area (Å²) in [4.78, 5) is 16.7. The van der Waals surface area contributed by atoms with E-state index in [0.29, 0.717) is 33.0 Å². The highest BCUT2D eigenvalue weighted by molar-refractivity contribution is 6.30. The van der Waals surface area contributed by atoms with Crippen molar-refractivity contribution in [2.24, 2.45) is 0 Å². The largest absolute Gasteiger partial charge is 0.496 e. The molecule has 11 heteroatoms. The Hall–Kier alpha value is -4.18. The SMILES string of the molecule is COc1cc(Cl)ccc1-c1c(-c2ccc(C)cc2)cnn2c(=O)n(Cc3ccc(C(F)(F)F)nc3)nc12. The molecule has 188 valence electrons. The van der Waals surface area contributed by atoms with Gasteiger partial charge in [0.1, 0.15) is 11.4 Å². The topological polar surface area (TPSA) is 74.3 Å². The van der Waals surface area contributed by atoms with Gasteiger partial charge in [-0.15, -0.1) is 5.10 Å². The number of alkyl halides is 3. The zero-order chi connectivity index (χ0) is 26.3. The number of ether oxygens (including phenoxy) is 1. The number of aryl methyl sites for hydroxylation is 1. The predicted octanol–water partition coefficient (Wildman–Crippen LogP) is 5.66. The van der Waals surface area contributed by atoms with Crippen molar-refractivity contribution in [2.75, 3.05) is 7.11 Å². The molecule has 0 fully saturated rings. The summed E-state index contributed by atoms with van der Waals surface area (Å²) in [5.41, 5.74) is 2.93. The third-order valence-corrected chi connectivity index (χ3v) is 6.09. The van der Waals surface area contributed by atoms with Crippen molar-refractivity contribution in [3.8, 4) is 28.0 Å². The molecule has 0 spiro atoms. The van der Waals surface area contributed by atoms with Crippen molar-refractivity contribution in [1.82, 2.24) is 24.4 Å². The summed E-state index contributed by atoms with van der Waals surface area (Å²) in [7, 11) is 1.52. The van der Waals surface area contributed by atoms with Crippen LogP contribution in [0.25, 0.3) is 27.9 Å². The minimum absolute atomic E-state index is 0.0929. The molecule has 0 aliphatic rings. The Balaban J connectivity index is 1.70. The first-order valence-electron chi connectivity index (χ1n) is 11.1. The number of fused-ring (bicyclic) bond motifs is 1. The van der Waals surface area contributed by atoms with Crippen LogP contribution in [-0.4, -0.2) is 31.5 Å². The average molecular weight is 526 g/mol. The Labute approximate surface area is 213 Å². The Bertz CT molecular complexity index is 1660. The van der Waals surface area contributed by atoms with Crippen molar-refractivity contribution in [2.45, 2.75) is 19.6 Å². The fourth-order valence-electron chi connectivity index (χ4n) is 4.01. The molecule has 3 heterocycles. The van der Waals surface area contributed by atoms with Crippen LogP contribution in [0.4, 0.5) is 13.2 Å². The number of hydrogen-bond acceptors (Lipinski definition) is 5. The Kier molecular flexibility index (Phi) is 6.20. The first-order chi connectivity index (χ1) is 17.7. The molecule has 0 unspecified atom stereocenters. The van der Waals surface area contributed by atoms with Crippen LogP contribution >= 0.6 is 11.6 Å². The monoisotopic (exact) mass is 525 g/mol. The van der Waals surface area contributed by atoms with Gasteiger partial charge in [-0.3, -0.25) is 4.98 Å². The summed E-state index contributed by atoms with van der Waals surface area (Å²) >= 11 is 6.19. The number of methoxy groups -OCH3 is 1. The van der Waals surface area contributed by atoms with E-state index < -0.39 is 17.6 Å². The molecule has 7 nitrogen and oxygen atoms in total. The first kappa shape index (κ1) is 24.5. The van der Waals surface area contributed by atoms with Crippen LogP contribution < -0.4 is 10.4 Å². The number of pyridine rings is 1. The first-order valence-corrected chi connectivity index (χ1v) is 11.5. The standard InChI is InChI=1S/C26H19ClF3N5O2/c1-15-3-6-17(7-4-15)20-13-32-35-24(23(20)19-9-8-18(27)11-21(19)37-2)33-34(25(35)36)14-16-5-10-22(31-12-16)26(28,29)30/h3-13H,14H2,1-2H3. The van der Waals surface area contributed by atoms with Crippen LogP contribution in [0.1, 0.15) is 16.8 Å². The van der Waals surface area contributed by atoms with E-state index in [2.05, 4.69) is 15.2 Å². The van der Waals surface area contributed by atoms with Gasteiger partial charge in [-0.05, 0) is 42.3 Å². The molecule has 0 N–H and O–H groups in total. The van der Waals surface area contributed by atoms with Gasteiger partial charge in [0.15, 0.2) is 5.65 Å². The fourth-order valence-corrected chi connectivity index (χ4v) is 4.17. The number of nitrogens with zero attached hydrogens (tertiary/aromatic N) is 5. The lowest BCUT2D eigenvalue weighted by molar-refractivity contribution is -0.141. The average Bonchev–Trinajstić information content (AvgIpc) is 3.19. The number of halogens is 4. The maximum Gasteiger partial charge on any atom is 0.433 e. The second-order valence-electron chi connectivity index (χ2n) is 8.37. The van der Waals surface area contributed by atoms with Gasteiger partial charge in [-0.25, -0.2) is 9.48 Å². The molecule has 0 aliphatic carbocycles. The molecule has 5 rings (SSSR count). The molecule has 0 amide bonds. The van der Waals surface area contributed by atoms with Crippen LogP contribution in [-0.2, 0) is 12.7 Å². The quantitative estimate of drug-likeness (QED) is 0.296. The smallest absolute Gasteiger partial charge is 0.433 e. The number of hydrogen-bond donors (Lipinski definition) is 0. The van der Waals surface area contributed by atoms with E-state index in [9.17, 15) is 18.0 Å². The van der Waals surface area contributed by atoms with Crippen LogP contribution in [0.5, 0.6) is 5.75 Å². The van der Waals surface area contributed by atoms with Crippen molar-refractivity contribution < 1.29 is 17.9 Å². The summed E-state index contributed by atoms with van der Waals surface area (Å²) < 4.78 is 46.5. The minimum Gasteiger partial charge on any atom is -0.496 e. The summed E-state index contributed by atoms with van der Waals surface area (Å²) in [5, 5.41) is 9.33. The van der Waals surface area contributed by atoms with Gasteiger partial charge in [-0.2, -0.15) is 22.8 Å². The molecule has 0 atom stereocenters. The van der Waals surface area contributed by atoms with E-state index in [1.165, 1.54) is 13.2 Å². The van der Waals surface area contributed by atoms with E-state index in [1.807, 2.05) is 31.2 Å². The van der Waals surface area contributed by atoms with Crippen molar-refractivity contribution in [3.63, 3.8) is 0 Å². The zero-order valence-corrected chi connectivity index (χ0v) is 20.4. The molecule has 5 aromatic rings. The summed E-state index contributed by atoms with van der Waals surface area (Å²) in [5.74, 6) is 0.475. The summed E-state index contributed by atoms with van der Waals surface area (Å²) in [6, 6.07) is 15.1. The molecule has 0 radical (unpaired) electrons. The second-order valence-corrected chi connectivity index (χ2v) is 8.81. The third kappa shape index (κ3) is 4.67. The lowest BCUT2D eigenvalue weighted by Gasteiger charge is -2.14. The van der Waals surface area contributed by atoms with Crippen molar-refractivity contribution in [1.29, 1.82) is 0 Å². The van der Waals surface area contributed by atoms with Gasteiger partial charge in [0.05, 0.1) is 19.9 Å². The molecular weight excluding hydrogens is 507 g/mol. The van der Waals surface area contributed by atoms with E-state index in [-0.39, 0.29) is 12.2 Å². The van der Waals surface area contributed by atoms with Gasteiger partial charge < -0.3 is 4.74 Å². The Morgan fingerprint density at radius 1 is 1.00 bits per heavy atom. The summed E-state index contributed by atoms with van der Waals surface area (Å²) in [6.07, 6.45) is -1.90. The van der Waals surface area contributed by atoms with Gasteiger partial charge in [-0.1, -0.05) is 47.5 Å². The van der Waals surface area contributed by atoms with E-state index in [0.717, 1.165) is 32.6 Å². The number of benzene rings is 2. The maximum atomic E-state index is 13.2. The molecular formula is C26H19ClF3N5O2. The lowest BCUT2D eigenvalue weighted by atomic mass is 9.96. The van der Waals surface area contributed by atoms with Gasteiger partial charge in [0.25, 0.3) is 0 Å². The molecule has 0 bridgehead atoms. The summed E-state index contributed by atoms with van der Waals surface area (Å²) in [6.45, 7) is 1.88. The van der Waals surface area contributed by atoms with E-state index in [1.54, 1.807) is 24.4 Å². The normalized spacial score (nSPS) is 11.7. The molecule has 0 saturated carbocycles. The van der Waals surface area contributed by atoms with Crippen LogP contribution in [0.2, 0.25) is 5.02 Å².